The van der Waals surface area contributed by atoms with Gasteiger partial charge in [-0.2, -0.15) is 0 Å². The molecule has 1 aromatic rings. The summed E-state index contributed by atoms with van der Waals surface area (Å²) >= 11 is 0. The second-order valence-corrected chi connectivity index (χ2v) is 4.42. The van der Waals surface area contributed by atoms with E-state index in [-0.39, 0.29) is 12.0 Å². The van der Waals surface area contributed by atoms with Crippen molar-refractivity contribution in [1.82, 2.24) is 0 Å². The molecule has 1 unspecified atom stereocenters. The van der Waals surface area contributed by atoms with E-state index in [0.717, 1.165) is 18.5 Å². The van der Waals surface area contributed by atoms with Crippen LogP contribution in [-0.4, -0.2) is 25.0 Å². The number of ether oxygens (including phenoxy) is 1. The maximum absolute atomic E-state index is 11.6. The smallest absolute Gasteiger partial charge is 0.328 e. The van der Waals surface area contributed by atoms with Gasteiger partial charge in [0.15, 0.2) is 0 Å². The summed E-state index contributed by atoms with van der Waals surface area (Å²) in [6.45, 7) is 0. The molecule has 96 valence electrons. The third-order valence-electron chi connectivity index (χ3n) is 3.04. The fourth-order valence-electron chi connectivity index (χ4n) is 1.84. The largest absolute Gasteiger partial charge is 0.467 e. The Morgan fingerprint density at radius 2 is 1.94 bits per heavy atom. The molecule has 1 aromatic carbocycles. The molecule has 5 heteroatoms. The molecular weight excluding hydrogens is 232 g/mol. The van der Waals surface area contributed by atoms with E-state index in [0.29, 0.717) is 11.5 Å². The number of methoxy groups -OCH3 is 1. The van der Waals surface area contributed by atoms with E-state index in [1.807, 2.05) is 0 Å². The first-order valence-electron chi connectivity index (χ1n) is 5.86. The lowest BCUT2D eigenvalue weighted by Gasteiger charge is -2.17. The Kier molecular flexibility index (Phi) is 3.50. The van der Waals surface area contributed by atoms with Gasteiger partial charge in [0.05, 0.1) is 7.11 Å². The molecule has 1 amide bonds. The molecule has 0 heterocycles. The fourth-order valence-corrected chi connectivity index (χ4v) is 1.84. The van der Waals surface area contributed by atoms with E-state index in [9.17, 15) is 9.59 Å². The minimum Gasteiger partial charge on any atom is -0.467 e. The van der Waals surface area contributed by atoms with Gasteiger partial charge in [-0.25, -0.2) is 4.79 Å². The van der Waals surface area contributed by atoms with Crippen molar-refractivity contribution < 1.29 is 14.3 Å². The molecule has 0 aliphatic heterocycles. The number of hydrogen-bond donors (Lipinski definition) is 2. The summed E-state index contributed by atoms with van der Waals surface area (Å²) in [7, 11) is 1.38. The number of benzene rings is 1. The summed E-state index contributed by atoms with van der Waals surface area (Å²) in [5.74, 6) is -0.377. The molecule has 18 heavy (non-hydrogen) atoms. The Morgan fingerprint density at radius 3 is 2.39 bits per heavy atom. The van der Waals surface area contributed by atoms with Gasteiger partial charge in [0, 0.05) is 11.3 Å². The molecule has 0 radical (unpaired) electrons. The third-order valence-corrected chi connectivity index (χ3v) is 3.04. The van der Waals surface area contributed by atoms with Gasteiger partial charge < -0.3 is 15.8 Å². The Labute approximate surface area is 105 Å². The second-order valence-electron chi connectivity index (χ2n) is 4.42. The molecule has 3 N–H and O–H groups in total. The molecular formula is C13H16N2O3. The van der Waals surface area contributed by atoms with Crippen LogP contribution in [0.4, 0.5) is 5.69 Å². The van der Waals surface area contributed by atoms with E-state index in [1.54, 1.807) is 24.3 Å². The van der Waals surface area contributed by atoms with Crippen molar-refractivity contribution in [2.75, 3.05) is 12.4 Å². The topological polar surface area (TPSA) is 81.4 Å². The van der Waals surface area contributed by atoms with Crippen LogP contribution in [0.25, 0.3) is 0 Å². The molecule has 0 aromatic heterocycles. The highest BCUT2D eigenvalue weighted by Gasteiger charge is 2.36. The molecule has 0 saturated heterocycles. The van der Waals surface area contributed by atoms with Crippen molar-refractivity contribution >= 4 is 17.6 Å². The summed E-state index contributed by atoms with van der Waals surface area (Å²) in [4.78, 5) is 22.5. The normalized spacial score (nSPS) is 15.8. The van der Waals surface area contributed by atoms with Gasteiger partial charge in [-0.1, -0.05) is 0 Å². The highest BCUT2D eigenvalue weighted by molar-refractivity contribution is 5.93. The van der Waals surface area contributed by atoms with Crippen molar-refractivity contribution in [2.45, 2.75) is 18.9 Å². The first-order chi connectivity index (χ1) is 8.61. The number of primary amides is 1. The molecule has 2 rings (SSSR count). The first-order valence-corrected chi connectivity index (χ1v) is 5.86. The molecule has 1 fully saturated rings. The Balaban J connectivity index is 2.06. The highest BCUT2D eigenvalue weighted by Crippen LogP contribution is 2.34. The number of rotatable bonds is 5. The predicted octanol–water partition coefficient (Wildman–Crippen LogP) is 1.15. The van der Waals surface area contributed by atoms with Crippen molar-refractivity contribution in [3.05, 3.63) is 29.8 Å². The maximum atomic E-state index is 11.6. The van der Waals surface area contributed by atoms with Gasteiger partial charge >= 0.3 is 5.97 Å². The lowest BCUT2D eigenvalue weighted by Crippen LogP contribution is -2.32. The lowest BCUT2D eigenvalue weighted by molar-refractivity contribution is -0.142. The summed E-state index contributed by atoms with van der Waals surface area (Å²) in [6, 6.07) is 6.42. The van der Waals surface area contributed by atoms with Gasteiger partial charge in [0.2, 0.25) is 5.91 Å². The molecule has 0 bridgehead atoms. The average Bonchev–Trinajstić information content (AvgIpc) is 3.20. The predicted molar refractivity (Wildman–Crippen MR) is 67.1 cm³/mol. The van der Waals surface area contributed by atoms with Crippen molar-refractivity contribution in [2.24, 2.45) is 11.7 Å². The molecule has 5 nitrogen and oxygen atoms in total. The average molecular weight is 248 g/mol. The van der Waals surface area contributed by atoms with E-state index >= 15 is 0 Å². The van der Waals surface area contributed by atoms with Crippen LogP contribution < -0.4 is 11.1 Å². The number of nitrogens with two attached hydrogens (primary N) is 1. The molecule has 1 aliphatic carbocycles. The van der Waals surface area contributed by atoms with Crippen molar-refractivity contribution in [3.63, 3.8) is 0 Å². The third kappa shape index (κ3) is 2.80. The van der Waals surface area contributed by atoms with E-state index in [1.165, 1.54) is 7.11 Å². The van der Waals surface area contributed by atoms with Crippen molar-refractivity contribution in [3.8, 4) is 0 Å². The molecule has 1 saturated carbocycles. The number of amides is 1. The van der Waals surface area contributed by atoms with Gasteiger partial charge in [-0.05, 0) is 43.0 Å². The molecule has 0 spiro atoms. The van der Waals surface area contributed by atoms with Crippen LogP contribution >= 0.6 is 0 Å². The number of carbonyl (C=O) groups is 2. The van der Waals surface area contributed by atoms with E-state index in [4.69, 9.17) is 10.5 Å². The van der Waals surface area contributed by atoms with Crippen LogP contribution in [0.2, 0.25) is 0 Å². The minimum absolute atomic E-state index is 0.253. The summed E-state index contributed by atoms with van der Waals surface area (Å²) < 4.78 is 4.77. The summed E-state index contributed by atoms with van der Waals surface area (Å²) in [5.41, 5.74) is 6.39. The number of anilines is 1. The number of nitrogens with one attached hydrogen (secondary N) is 1. The molecule has 1 aliphatic rings. The van der Waals surface area contributed by atoms with Crippen LogP contribution in [0.1, 0.15) is 23.2 Å². The van der Waals surface area contributed by atoms with Crippen LogP contribution in [0.3, 0.4) is 0 Å². The van der Waals surface area contributed by atoms with E-state index in [2.05, 4.69) is 5.32 Å². The van der Waals surface area contributed by atoms with Gasteiger partial charge in [-0.3, -0.25) is 4.79 Å². The van der Waals surface area contributed by atoms with Gasteiger partial charge in [0.1, 0.15) is 6.04 Å². The SMILES string of the molecule is COC(=O)C(Nc1ccc(C(N)=O)cc1)C1CC1. The number of esters is 1. The Bertz CT molecular complexity index is 452. The first kappa shape index (κ1) is 12.4. The van der Waals surface area contributed by atoms with Crippen LogP contribution in [0.15, 0.2) is 24.3 Å². The standard InChI is InChI=1S/C13H16N2O3/c1-18-13(17)11(8-2-3-8)15-10-6-4-9(5-7-10)12(14)16/h4-8,11,15H,2-3H2,1H3,(H2,14,16). The van der Waals surface area contributed by atoms with Crippen LogP contribution in [0.5, 0.6) is 0 Å². The Hall–Kier alpha value is -2.04. The summed E-state index contributed by atoms with van der Waals surface area (Å²) in [6.07, 6.45) is 2.07. The maximum Gasteiger partial charge on any atom is 0.328 e. The fraction of sp³-hybridized carbons (Fsp3) is 0.385. The quantitative estimate of drug-likeness (QED) is 0.766. The monoisotopic (exact) mass is 248 g/mol. The Morgan fingerprint density at radius 1 is 1.33 bits per heavy atom. The van der Waals surface area contributed by atoms with Crippen LogP contribution in [0, 0.1) is 5.92 Å². The van der Waals surface area contributed by atoms with Gasteiger partial charge in [-0.15, -0.1) is 0 Å². The molecule has 1 atom stereocenters. The lowest BCUT2D eigenvalue weighted by atomic mass is 10.1. The zero-order valence-electron chi connectivity index (χ0n) is 10.2. The second kappa shape index (κ2) is 5.08. The summed E-state index contributed by atoms with van der Waals surface area (Å²) in [5, 5.41) is 3.13. The number of carbonyl (C=O) groups excluding carboxylic acids is 2. The van der Waals surface area contributed by atoms with Gasteiger partial charge in [0.25, 0.3) is 0 Å². The minimum atomic E-state index is -0.465. The van der Waals surface area contributed by atoms with Crippen LogP contribution in [-0.2, 0) is 9.53 Å². The van der Waals surface area contributed by atoms with E-state index < -0.39 is 5.91 Å². The zero-order chi connectivity index (χ0) is 13.1. The number of hydrogen-bond acceptors (Lipinski definition) is 4. The highest BCUT2D eigenvalue weighted by atomic mass is 16.5. The van der Waals surface area contributed by atoms with Crippen molar-refractivity contribution in [1.29, 1.82) is 0 Å². The zero-order valence-corrected chi connectivity index (χ0v) is 10.2.